The zero-order valence-corrected chi connectivity index (χ0v) is 15.0. The molecule has 0 spiro atoms. The van der Waals surface area contributed by atoms with Crippen molar-refractivity contribution in [3.05, 3.63) is 59.7 Å². The number of carbonyl (C=O) groups is 2. The number of rotatable bonds is 6. The zero-order chi connectivity index (χ0) is 18.5. The summed E-state index contributed by atoms with van der Waals surface area (Å²) < 4.78 is 4.95. The van der Waals surface area contributed by atoms with Gasteiger partial charge in [0.15, 0.2) is 0 Å². The average molecular weight is 353 g/mol. The summed E-state index contributed by atoms with van der Waals surface area (Å²) in [5.41, 5.74) is 3.70. The Morgan fingerprint density at radius 2 is 1.96 bits per heavy atom. The van der Waals surface area contributed by atoms with Gasteiger partial charge in [-0.3, -0.25) is 4.79 Å². The van der Waals surface area contributed by atoms with E-state index in [2.05, 4.69) is 10.6 Å². The third kappa shape index (κ3) is 4.53. The molecule has 1 heterocycles. The van der Waals surface area contributed by atoms with Gasteiger partial charge in [0.25, 0.3) is 0 Å². The molecule has 3 rings (SSSR count). The molecular formula is C20H23N3O3. The van der Waals surface area contributed by atoms with Gasteiger partial charge in [-0.05, 0) is 49.2 Å². The Balaban J connectivity index is 1.59. The summed E-state index contributed by atoms with van der Waals surface area (Å²) in [6.07, 6.45) is -0.283. The van der Waals surface area contributed by atoms with Crippen LogP contribution in [0.2, 0.25) is 0 Å². The van der Waals surface area contributed by atoms with Crippen LogP contribution in [-0.2, 0) is 16.1 Å². The van der Waals surface area contributed by atoms with Crippen LogP contribution in [0, 0.1) is 6.92 Å². The molecule has 2 aromatic carbocycles. The summed E-state index contributed by atoms with van der Waals surface area (Å²) in [5.74, 6) is -0.107. The van der Waals surface area contributed by atoms with Crippen molar-refractivity contribution < 1.29 is 14.3 Å². The van der Waals surface area contributed by atoms with Crippen molar-refractivity contribution in [2.75, 3.05) is 23.8 Å². The molecule has 2 aromatic rings. The third-order valence-corrected chi connectivity index (χ3v) is 4.21. The molecule has 0 saturated carbocycles. The predicted octanol–water partition coefficient (Wildman–Crippen LogP) is 3.39. The average Bonchev–Trinajstić information content (AvgIpc) is 3.00. The minimum atomic E-state index is -0.400. The van der Waals surface area contributed by atoms with Crippen LogP contribution in [-0.4, -0.2) is 36.1 Å². The standard InChI is InChI=1S/C20H23N3O3/c1-14-5-3-7-17(11-14)22-19(24)15(2)21-18-8-4-6-16(12-18)13-23-9-10-26-20(23)25/h3-8,11-12,15,21H,9-10,13H2,1-2H3,(H,22,24)/t15-/m1/s1. The van der Waals surface area contributed by atoms with Crippen LogP contribution >= 0.6 is 0 Å². The van der Waals surface area contributed by atoms with Gasteiger partial charge in [-0.15, -0.1) is 0 Å². The number of hydrogen-bond acceptors (Lipinski definition) is 4. The summed E-state index contributed by atoms with van der Waals surface area (Å²) in [5, 5.41) is 6.12. The number of aryl methyl sites for hydroxylation is 1. The van der Waals surface area contributed by atoms with Crippen LogP contribution in [0.15, 0.2) is 48.5 Å². The highest BCUT2D eigenvalue weighted by molar-refractivity contribution is 5.96. The van der Waals surface area contributed by atoms with Gasteiger partial charge in [-0.2, -0.15) is 0 Å². The first-order valence-electron chi connectivity index (χ1n) is 8.66. The van der Waals surface area contributed by atoms with Crippen LogP contribution in [0.1, 0.15) is 18.1 Å². The van der Waals surface area contributed by atoms with E-state index in [4.69, 9.17) is 4.74 Å². The van der Waals surface area contributed by atoms with E-state index in [1.54, 1.807) is 4.90 Å². The summed E-state index contributed by atoms with van der Waals surface area (Å²) >= 11 is 0. The number of amides is 2. The number of ether oxygens (including phenoxy) is 1. The van der Waals surface area contributed by atoms with E-state index in [0.29, 0.717) is 19.7 Å². The summed E-state index contributed by atoms with van der Waals surface area (Å²) in [6, 6.07) is 15.0. The number of benzene rings is 2. The second kappa shape index (κ2) is 7.91. The van der Waals surface area contributed by atoms with E-state index in [0.717, 1.165) is 22.5 Å². The molecular weight excluding hydrogens is 330 g/mol. The van der Waals surface area contributed by atoms with Gasteiger partial charge >= 0.3 is 6.09 Å². The first kappa shape index (κ1) is 17.8. The van der Waals surface area contributed by atoms with Gasteiger partial charge in [0.2, 0.25) is 5.91 Å². The normalized spacial score (nSPS) is 14.7. The van der Waals surface area contributed by atoms with E-state index in [1.807, 2.05) is 62.4 Å². The highest BCUT2D eigenvalue weighted by atomic mass is 16.6. The van der Waals surface area contributed by atoms with Crippen molar-refractivity contribution in [1.82, 2.24) is 4.90 Å². The Labute approximate surface area is 153 Å². The lowest BCUT2D eigenvalue weighted by molar-refractivity contribution is -0.116. The van der Waals surface area contributed by atoms with Gasteiger partial charge in [0.05, 0.1) is 6.54 Å². The lowest BCUT2D eigenvalue weighted by Gasteiger charge is -2.17. The van der Waals surface area contributed by atoms with Crippen molar-refractivity contribution in [2.24, 2.45) is 0 Å². The van der Waals surface area contributed by atoms with Gasteiger partial charge < -0.3 is 20.3 Å². The minimum Gasteiger partial charge on any atom is -0.448 e. The molecule has 136 valence electrons. The van der Waals surface area contributed by atoms with Crippen molar-refractivity contribution in [2.45, 2.75) is 26.4 Å². The Morgan fingerprint density at radius 3 is 2.69 bits per heavy atom. The maximum Gasteiger partial charge on any atom is 0.410 e. The monoisotopic (exact) mass is 353 g/mol. The largest absolute Gasteiger partial charge is 0.448 e. The molecule has 1 saturated heterocycles. The summed E-state index contributed by atoms with van der Waals surface area (Å²) in [4.78, 5) is 25.6. The molecule has 0 unspecified atom stereocenters. The van der Waals surface area contributed by atoms with Crippen molar-refractivity contribution in [1.29, 1.82) is 0 Å². The molecule has 0 aliphatic carbocycles. The highest BCUT2D eigenvalue weighted by Crippen LogP contribution is 2.16. The number of anilines is 2. The van der Waals surface area contributed by atoms with Gasteiger partial charge in [-0.1, -0.05) is 24.3 Å². The molecule has 26 heavy (non-hydrogen) atoms. The Kier molecular flexibility index (Phi) is 5.41. The lowest BCUT2D eigenvalue weighted by atomic mass is 10.1. The second-order valence-electron chi connectivity index (χ2n) is 6.46. The van der Waals surface area contributed by atoms with Crippen LogP contribution in [0.5, 0.6) is 0 Å². The summed E-state index contributed by atoms with van der Waals surface area (Å²) in [6.45, 7) is 5.34. The minimum absolute atomic E-state index is 0.107. The molecule has 2 N–H and O–H groups in total. The maximum atomic E-state index is 12.4. The fourth-order valence-corrected chi connectivity index (χ4v) is 2.84. The topological polar surface area (TPSA) is 70.7 Å². The molecule has 0 aromatic heterocycles. The number of hydrogen-bond donors (Lipinski definition) is 2. The number of nitrogens with zero attached hydrogens (tertiary/aromatic N) is 1. The predicted molar refractivity (Wildman–Crippen MR) is 101 cm³/mol. The van der Waals surface area contributed by atoms with E-state index in [1.165, 1.54) is 0 Å². The molecule has 6 heteroatoms. The maximum absolute atomic E-state index is 12.4. The SMILES string of the molecule is Cc1cccc(NC(=O)[C@@H](C)Nc2cccc(CN3CCOC3=O)c2)c1. The molecule has 1 atom stereocenters. The lowest BCUT2D eigenvalue weighted by Crippen LogP contribution is -2.32. The summed E-state index contributed by atoms with van der Waals surface area (Å²) in [7, 11) is 0. The molecule has 0 bridgehead atoms. The van der Waals surface area contributed by atoms with Crippen molar-refractivity contribution in [3.63, 3.8) is 0 Å². The van der Waals surface area contributed by atoms with Crippen LogP contribution < -0.4 is 10.6 Å². The van der Waals surface area contributed by atoms with E-state index >= 15 is 0 Å². The van der Waals surface area contributed by atoms with Crippen molar-refractivity contribution >= 4 is 23.4 Å². The molecule has 0 radical (unpaired) electrons. The smallest absolute Gasteiger partial charge is 0.410 e. The van der Waals surface area contributed by atoms with Crippen molar-refractivity contribution in [3.8, 4) is 0 Å². The van der Waals surface area contributed by atoms with Crippen LogP contribution in [0.25, 0.3) is 0 Å². The van der Waals surface area contributed by atoms with Crippen LogP contribution in [0.4, 0.5) is 16.2 Å². The molecule has 6 nitrogen and oxygen atoms in total. The number of cyclic esters (lactones) is 1. The van der Waals surface area contributed by atoms with E-state index in [-0.39, 0.29) is 12.0 Å². The second-order valence-corrected chi connectivity index (χ2v) is 6.46. The van der Waals surface area contributed by atoms with Gasteiger partial charge in [-0.25, -0.2) is 4.79 Å². The Bertz CT molecular complexity index is 806. The van der Waals surface area contributed by atoms with E-state index < -0.39 is 6.04 Å². The third-order valence-electron chi connectivity index (χ3n) is 4.21. The van der Waals surface area contributed by atoms with Crippen LogP contribution in [0.3, 0.4) is 0 Å². The Hall–Kier alpha value is -3.02. The Morgan fingerprint density at radius 1 is 1.19 bits per heavy atom. The quantitative estimate of drug-likeness (QED) is 0.835. The van der Waals surface area contributed by atoms with Gasteiger partial charge in [0.1, 0.15) is 12.6 Å². The number of carbonyl (C=O) groups excluding carboxylic acids is 2. The first-order chi connectivity index (χ1) is 12.5. The molecule has 2 amide bonds. The molecule has 1 aliphatic rings. The highest BCUT2D eigenvalue weighted by Gasteiger charge is 2.22. The fourth-order valence-electron chi connectivity index (χ4n) is 2.84. The molecule has 1 fully saturated rings. The first-order valence-corrected chi connectivity index (χ1v) is 8.66. The zero-order valence-electron chi connectivity index (χ0n) is 15.0. The fraction of sp³-hybridized carbons (Fsp3) is 0.300. The molecule has 1 aliphatic heterocycles. The number of nitrogens with one attached hydrogen (secondary N) is 2. The van der Waals surface area contributed by atoms with Gasteiger partial charge in [0, 0.05) is 17.9 Å². The van der Waals surface area contributed by atoms with E-state index in [9.17, 15) is 9.59 Å².